The number of anilines is 1. The van der Waals surface area contributed by atoms with Gasteiger partial charge in [-0.3, -0.25) is 14.5 Å². The molecule has 14 nitrogen and oxygen atoms in total. The number of ether oxygens (including phenoxy) is 1. The van der Waals surface area contributed by atoms with Crippen molar-refractivity contribution in [2.24, 2.45) is 16.8 Å². The van der Waals surface area contributed by atoms with Crippen molar-refractivity contribution in [3.63, 3.8) is 0 Å². The summed E-state index contributed by atoms with van der Waals surface area (Å²) >= 11 is 1.21. The highest BCUT2D eigenvalue weighted by molar-refractivity contribution is 8.00. The van der Waals surface area contributed by atoms with Gasteiger partial charge in [-0.25, -0.2) is 19.6 Å². The first kappa shape index (κ1) is 23.3. The van der Waals surface area contributed by atoms with Gasteiger partial charge in [0, 0.05) is 17.5 Å². The molecule has 1 aromatic heterocycles. The molecule has 2 aliphatic heterocycles. The lowest BCUT2D eigenvalue weighted by Gasteiger charge is -2.49. The van der Waals surface area contributed by atoms with Crippen molar-refractivity contribution >= 4 is 47.3 Å². The van der Waals surface area contributed by atoms with Crippen LogP contribution in [0.15, 0.2) is 28.7 Å². The lowest BCUT2D eigenvalue weighted by Crippen LogP contribution is -2.71. The second-order valence-electron chi connectivity index (χ2n) is 7.71. The molecule has 1 aromatic rings. The Morgan fingerprint density at radius 2 is 2.12 bits per heavy atom. The van der Waals surface area contributed by atoms with Gasteiger partial charge in [0.05, 0.1) is 0 Å². The number of carboxylic acid groups (broad SMARTS) is 1. The van der Waals surface area contributed by atoms with E-state index in [1.54, 1.807) is 0 Å². The van der Waals surface area contributed by atoms with E-state index in [1.807, 2.05) is 0 Å². The number of amides is 3. The summed E-state index contributed by atoms with van der Waals surface area (Å²) in [6, 6.07) is 0.411. The second-order valence-corrected chi connectivity index (χ2v) is 8.81. The normalized spacial score (nSPS) is 21.9. The van der Waals surface area contributed by atoms with Gasteiger partial charge in [0.25, 0.3) is 11.8 Å². The maximum Gasteiger partial charge on any atom is 0.404 e. The van der Waals surface area contributed by atoms with Crippen LogP contribution >= 0.6 is 11.8 Å². The zero-order valence-corrected chi connectivity index (χ0v) is 18.5. The number of aromatic nitrogens is 2. The molecule has 0 radical (unpaired) electrons. The monoisotopic (exact) mass is 491 g/mol. The molecule has 0 spiro atoms. The Hall–Kier alpha value is -3.88. The van der Waals surface area contributed by atoms with Crippen LogP contribution in [0.25, 0.3) is 0 Å². The van der Waals surface area contributed by atoms with E-state index in [2.05, 4.69) is 25.2 Å². The minimum absolute atomic E-state index is 0.0733. The Kier molecular flexibility index (Phi) is 6.54. The number of carboxylic acids is 1. The first-order valence-electron chi connectivity index (χ1n) is 10.2. The molecular weight excluding hydrogens is 470 g/mol. The van der Waals surface area contributed by atoms with Crippen LogP contribution in [0.2, 0.25) is 0 Å². The summed E-state index contributed by atoms with van der Waals surface area (Å²) in [6.07, 6.45) is 2.34. The van der Waals surface area contributed by atoms with Crippen LogP contribution < -0.4 is 16.8 Å². The minimum atomic E-state index is -1.36. The number of fused-ring (bicyclic) bond motifs is 1. The van der Waals surface area contributed by atoms with Crippen molar-refractivity contribution in [3.8, 4) is 0 Å². The fraction of sp³-hybridized carbons (Fsp3) is 0.421. The first-order chi connectivity index (χ1) is 16.3. The maximum absolute atomic E-state index is 13.0. The Morgan fingerprint density at radius 1 is 1.35 bits per heavy atom. The van der Waals surface area contributed by atoms with Crippen LogP contribution in [0.1, 0.15) is 18.5 Å². The van der Waals surface area contributed by atoms with E-state index in [-0.39, 0.29) is 41.0 Å². The molecular formula is C19H21N7O7S. The summed E-state index contributed by atoms with van der Waals surface area (Å²) < 4.78 is 4.69. The summed E-state index contributed by atoms with van der Waals surface area (Å²) in [4.78, 5) is 62.6. The van der Waals surface area contributed by atoms with E-state index in [0.717, 1.165) is 17.7 Å². The Balaban J connectivity index is 1.50. The van der Waals surface area contributed by atoms with Gasteiger partial charge in [-0.1, -0.05) is 5.16 Å². The fourth-order valence-electron chi connectivity index (χ4n) is 3.36. The highest BCUT2D eigenvalue weighted by atomic mass is 32.2. The predicted octanol–water partition coefficient (Wildman–Crippen LogP) is -0.977. The molecule has 0 aromatic carbocycles. The summed E-state index contributed by atoms with van der Waals surface area (Å²) in [5.74, 6) is -2.27. The number of rotatable bonds is 9. The third-order valence-electron chi connectivity index (χ3n) is 5.22. The summed E-state index contributed by atoms with van der Waals surface area (Å²) in [6.45, 7) is -0.0172. The molecule has 0 bridgehead atoms. The molecule has 3 aliphatic rings. The van der Waals surface area contributed by atoms with Crippen molar-refractivity contribution in [1.82, 2.24) is 20.2 Å². The number of thioether (sulfide) groups is 1. The number of oxime groups is 1. The topological polar surface area (TPSA) is 212 Å². The molecule has 2 fully saturated rings. The number of nitrogens with two attached hydrogens (primary N) is 2. The average Bonchev–Trinajstić information content (AvgIpc) is 3.62. The van der Waals surface area contributed by atoms with E-state index in [4.69, 9.17) is 16.3 Å². The maximum atomic E-state index is 13.0. The molecule has 1 saturated carbocycles. The number of nitrogens with one attached hydrogen (secondary N) is 1. The number of hydrogen-bond donors (Lipinski definition) is 4. The van der Waals surface area contributed by atoms with E-state index in [9.17, 15) is 24.3 Å². The first-order valence-corrected chi connectivity index (χ1v) is 11.2. The van der Waals surface area contributed by atoms with Crippen LogP contribution in [0.4, 0.5) is 10.7 Å². The van der Waals surface area contributed by atoms with Crippen molar-refractivity contribution in [3.05, 3.63) is 29.2 Å². The number of nitrogens with zero attached hydrogens (tertiary/aromatic N) is 4. The molecule has 180 valence electrons. The number of nitrogen functional groups attached to an aromatic ring is 1. The number of primary amides is 1. The van der Waals surface area contributed by atoms with Gasteiger partial charge in [0.15, 0.2) is 5.71 Å². The zero-order valence-electron chi connectivity index (χ0n) is 17.7. The molecule has 34 heavy (non-hydrogen) atoms. The van der Waals surface area contributed by atoms with Gasteiger partial charge in [-0.05, 0) is 24.8 Å². The highest BCUT2D eigenvalue weighted by Crippen LogP contribution is 2.40. The fourth-order valence-corrected chi connectivity index (χ4v) is 4.69. The zero-order chi connectivity index (χ0) is 24.4. The Morgan fingerprint density at radius 3 is 2.76 bits per heavy atom. The van der Waals surface area contributed by atoms with Gasteiger partial charge in [-0.15, -0.1) is 11.8 Å². The summed E-state index contributed by atoms with van der Waals surface area (Å²) in [5, 5.41) is 15.4. The van der Waals surface area contributed by atoms with Crippen LogP contribution in [0.3, 0.4) is 0 Å². The minimum Gasteiger partial charge on any atom is -0.477 e. The SMILES string of the molecule is NC(=O)OCC1=C(C(=O)O)N2C(=O)[C@@H](NC(=O)/C(=N\OCC3CC3)c3ccnc(N)n3)[C@H]2SC1. The second kappa shape index (κ2) is 9.54. The molecule has 0 unspecified atom stereocenters. The van der Waals surface area contributed by atoms with E-state index in [0.29, 0.717) is 12.5 Å². The van der Waals surface area contributed by atoms with Gasteiger partial charge in [0.1, 0.15) is 36.0 Å². The number of aliphatic carboxylic acids is 1. The van der Waals surface area contributed by atoms with Gasteiger partial charge < -0.3 is 31.5 Å². The quantitative estimate of drug-likeness (QED) is 0.187. The van der Waals surface area contributed by atoms with Crippen LogP contribution in [-0.2, 0) is 24.0 Å². The average molecular weight is 491 g/mol. The third kappa shape index (κ3) is 4.88. The van der Waals surface area contributed by atoms with Gasteiger partial charge in [-0.2, -0.15) is 0 Å². The molecule has 2 atom stereocenters. The molecule has 1 saturated heterocycles. The number of carbonyl (C=O) groups excluding carboxylic acids is 3. The Bertz CT molecular complexity index is 1100. The van der Waals surface area contributed by atoms with Gasteiger partial charge in [0.2, 0.25) is 5.95 Å². The molecule has 15 heteroatoms. The lowest BCUT2D eigenvalue weighted by atomic mass is 10.0. The van der Waals surface area contributed by atoms with Crippen molar-refractivity contribution in [1.29, 1.82) is 0 Å². The smallest absolute Gasteiger partial charge is 0.404 e. The predicted molar refractivity (Wildman–Crippen MR) is 117 cm³/mol. The van der Waals surface area contributed by atoms with E-state index >= 15 is 0 Å². The van der Waals surface area contributed by atoms with Crippen LogP contribution in [-0.4, -0.2) is 79.9 Å². The van der Waals surface area contributed by atoms with Crippen molar-refractivity contribution in [2.45, 2.75) is 24.3 Å². The standard InChI is InChI=1S/C19H21N7O7S/c20-18-22-4-3-10(23-18)11(25-33-5-8-1-2-8)14(27)24-12-15(28)26-13(17(29)30)9(6-32-19(21)31)7-34-16(12)26/h3-4,8,12,16H,1-2,5-7H2,(H2,21,31)(H,24,27)(H,29,30)(H2,20,22,23)/b25-11-/t12-,16-/m1/s1. The number of hydrogen-bond acceptors (Lipinski definition) is 11. The summed E-state index contributed by atoms with van der Waals surface area (Å²) in [5.41, 5.74) is 10.4. The van der Waals surface area contributed by atoms with Crippen LogP contribution in [0, 0.1) is 5.92 Å². The van der Waals surface area contributed by atoms with Crippen molar-refractivity contribution < 1.29 is 33.9 Å². The number of carbonyl (C=O) groups is 4. The number of β-lactam (4-membered cyclic amide) rings is 1. The van der Waals surface area contributed by atoms with Crippen molar-refractivity contribution in [2.75, 3.05) is 24.7 Å². The highest BCUT2D eigenvalue weighted by Gasteiger charge is 2.54. The molecule has 3 amide bonds. The molecule has 1 aliphatic carbocycles. The largest absolute Gasteiger partial charge is 0.477 e. The van der Waals surface area contributed by atoms with Gasteiger partial charge >= 0.3 is 12.1 Å². The van der Waals surface area contributed by atoms with Crippen LogP contribution in [0.5, 0.6) is 0 Å². The Labute approximate surface area is 196 Å². The third-order valence-corrected chi connectivity index (χ3v) is 6.56. The van der Waals surface area contributed by atoms with E-state index in [1.165, 1.54) is 24.0 Å². The molecule has 3 heterocycles. The molecule has 4 rings (SSSR count). The molecule has 6 N–H and O–H groups in total. The lowest BCUT2D eigenvalue weighted by molar-refractivity contribution is -0.150. The summed E-state index contributed by atoms with van der Waals surface area (Å²) in [7, 11) is 0. The van der Waals surface area contributed by atoms with E-state index < -0.39 is 35.3 Å².